The van der Waals surface area contributed by atoms with Crippen LogP contribution in [-0.2, 0) is 21.5 Å². The third-order valence-corrected chi connectivity index (χ3v) is 5.38. The van der Waals surface area contributed by atoms with Gasteiger partial charge in [0.15, 0.2) is 6.61 Å². The maximum Gasteiger partial charge on any atom is 0.261 e. The fourth-order valence-corrected chi connectivity index (χ4v) is 3.50. The summed E-state index contributed by atoms with van der Waals surface area (Å²) in [5.74, 6) is 0.149. The molecule has 0 fully saturated rings. The zero-order valence-electron chi connectivity index (χ0n) is 20.2. The van der Waals surface area contributed by atoms with Gasteiger partial charge in [-0.25, -0.2) is 0 Å². The van der Waals surface area contributed by atoms with Crippen molar-refractivity contribution in [2.24, 2.45) is 0 Å². The van der Waals surface area contributed by atoms with Crippen molar-refractivity contribution < 1.29 is 14.3 Å². The predicted molar refractivity (Wildman–Crippen MR) is 130 cm³/mol. The molecule has 0 aliphatic carbocycles. The van der Waals surface area contributed by atoms with Gasteiger partial charge in [-0.2, -0.15) is 0 Å². The molecule has 0 aromatic heterocycles. The summed E-state index contributed by atoms with van der Waals surface area (Å²) in [5.41, 5.74) is 1.25. The maximum atomic E-state index is 13.3. The van der Waals surface area contributed by atoms with E-state index in [1.165, 1.54) is 4.90 Å². The molecular weight excluding hydrogens is 424 g/mol. The van der Waals surface area contributed by atoms with Crippen LogP contribution in [0.15, 0.2) is 48.5 Å². The molecule has 1 unspecified atom stereocenters. The zero-order chi connectivity index (χ0) is 24.1. The lowest BCUT2D eigenvalue weighted by Gasteiger charge is -2.32. The molecule has 0 spiro atoms. The van der Waals surface area contributed by atoms with E-state index in [9.17, 15) is 9.59 Å². The van der Waals surface area contributed by atoms with Crippen LogP contribution in [0.25, 0.3) is 0 Å². The Morgan fingerprint density at radius 2 is 1.59 bits per heavy atom. The largest absolute Gasteiger partial charge is 0.483 e. The first-order chi connectivity index (χ1) is 14.8. The van der Waals surface area contributed by atoms with Crippen molar-refractivity contribution in [3.63, 3.8) is 0 Å². The quantitative estimate of drug-likeness (QED) is 0.608. The molecule has 2 amide bonds. The van der Waals surface area contributed by atoms with Crippen molar-refractivity contribution in [1.82, 2.24) is 10.2 Å². The number of ether oxygens (including phenoxy) is 1. The highest BCUT2D eigenvalue weighted by Crippen LogP contribution is 2.31. The lowest BCUT2D eigenvalue weighted by atomic mass is 9.86. The minimum absolute atomic E-state index is 0.128. The Morgan fingerprint density at radius 1 is 1.00 bits per heavy atom. The molecule has 2 rings (SSSR count). The predicted octanol–water partition coefficient (Wildman–Crippen LogP) is 5.35. The first-order valence-electron chi connectivity index (χ1n) is 10.9. The van der Waals surface area contributed by atoms with Gasteiger partial charge in [-0.1, -0.05) is 68.8 Å². The number of halogens is 1. The van der Waals surface area contributed by atoms with Crippen LogP contribution in [0, 0.1) is 0 Å². The van der Waals surface area contributed by atoms with Crippen LogP contribution in [0.2, 0.25) is 5.02 Å². The van der Waals surface area contributed by atoms with E-state index in [1.54, 1.807) is 13.0 Å². The number of nitrogens with zero attached hydrogens (tertiary/aromatic N) is 1. The number of hydrogen-bond acceptors (Lipinski definition) is 3. The van der Waals surface area contributed by atoms with E-state index < -0.39 is 11.6 Å². The van der Waals surface area contributed by atoms with E-state index in [1.807, 2.05) is 63.2 Å². The third kappa shape index (κ3) is 7.27. The van der Waals surface area contributed by atoms with E-state index >= 15 is 0 Å². The minimum Gasteiger partial charge on any atom is -0.483 e. The fraction of sp³-hybridized carbons (Fsp3) is 0.462. The van der Waals surface area contributed by atoms with E-state index in [2.05, 4.69) is 26.1 Å². The Morgan fingerprint density at radius 3 is 2.19 bits per heavy atom. The lowest BCUT2D eigenvalue weighted by Crippen LogP contribution is -2.53. The SMILES string of the molecule is CC(C(=O)NC(C)(C)C)N(Cc1ccccc1Cl)C(=O)COc1ccccc1C(C)(C)C. The molecule has 0 aliphatic rings. The minimum atomic E-state index is -0.695. The molecule has 32 heavy (non-hydrogen) atoms. The molecule has 1 N–H and O–H groups in total. The maximum absolute atomic E-state index is 13.3. The molecule has 0 heterocycles. The van der Waals surface area contributed by atoms with Gasteiger partial charge >= 0.3 is 0 Å². The second-order valence-electron chi connectivity index (χ2n) is 10.1. The highest BCUT2D eigenvalue weighted by atomic mass is 35.5. The molecular formula is C26H35ClN2O3. The lowest BCUT2D eigenvalue weighted by molar-refractivity contribution is -0.142. The number of carbonyl (C=O) groups is 2. The molecule has 2 aromatic rings. The first kappa shape index (κ1) is 25.7. The monoisotopic (exact) mass is 458 g/mol. The summed E-state index contributed by atoms with van der Waals surface area (Å²) in [6.07, 6.45) is 0. The average Bonchev–Trinajstić information content (AvgIpc) is 2.69. The zero-order valence-corrected chi connectivity index (χ0v) is 20.9. The van der Waals surface area contributed by atoms with Crippen molar-refractivity contribution in [2.45, 2.75) is 72.0 Å². The summed E-state index contributed by atoms with van der Waals surface area (Å²) in [6.45, 7) is 13.8. The molecule has 5 nitrogen and oxygen atoms in total. The van der Waals surface area contributed by atoms with Gasteiger partial charge in [0, 0.05) is 17.1 Å². The van der Waals surface area contributed by atoms with Crippen LogP contribution >= 0.6 is 11.6 Å². The van der Waals surface area contributed by atoms with Gasteiger partial charge in [0.1, 0.15) is 11.8 Å². The standard InChI is InChI=1S/C26H35ClN2O3/c1-18(24(31)28-26(5,6)7)29(16-19-12-8-10-14-21(19)27)23(30)17-32-22-15-11-9-13-20(22)25(2,3)4/h8-15,18H,16-17H2,1-7H3,(H,28,31). The molecule has 0 saturated heterocycles. The average molecular weight is 459 g/mol. The van der Waals surface area contributed by atoms with E-state index in [4.69, 9.17) is 16.3 Å². The van der Waals surface area contributed by atoms with Crippen LogP contribution in [0.3, 0.4) is 0 Å². The molecule has 0 radical (unpaired) electrons. The summed E-state index contributed by atoms with van der Waals surface area (Å²) < 4.78 is 5.95. The number of nitrogens with one attached hydrogen (secondary N) is 1. The number of para-hydroxylation sites is 1. The van der Waals surface area contributed by atoms with Crippen LogP contribution < -0.4 is 10.1 Å². The fourth-order valence-electron chi connectivity index (χ4n) is 3.30. The molecule has 2 aromatic carbocycles. The topological polar surface area (TPSA) is 58.6 Å². The van der Waals surface area contributed by atoms with Crippen molar-refractivity contribution >= 4 is 23.4 Å². The van der Waals surface area contributed by atoms with Gasteiger partial charge in [0.25, 0.3) is 5.91 Å². The van der Waals surface area contributed by atoms with Crippen molar-refractivity contribution in [3.8, 4) is 5.75 Å². The van der Waals surface area contributed by atoms with Crippen LogP contribution in [-0.4, -0.2) is 34.9 Å². The summed E-state index contributed by atoms with van der Waals surface area (Å²) in [5, 5.41) is 3.50. The summed E-state index contributed by atoms with van der Waals surface area (Å²) in [4.78, 5) is 27.7. The molecule has 174 valence electrons. The summed E-state index contributed by atoms with van der Waals surface area (Å²) in [7, 11) is 0. The van der Waals surface area contributed by atoms with Crippen LogP contribution in [0.1, 0.15) is 59.6 Å². The van der Waals surface area contributed by atoms with Gasteiger partial charge in [0.2, 0.25) is 5.91 Å². The number of carbonyl (C=O) groups excluding carboxylic acids is 2. The number of rotatable bonds is 7. The first-order valence-corrected chi connectivity index (χ1v) is 11.2. The summed E-state index contributed by atoms with van der Waals surface area (Å²) in [6, 6.07) is 14.3. The van der Waals surface area contributed by atoms with Gasteiger partial charge in [0.05, 0.1) is 0 Å². The third-order valence-electron chi connectivity index (χ3n) is 5.01. The van der Waals surface area contributed by atoms with E-state index in [-0.39, 0.29) is 30.4 Å². The molecule has 6 heteroatoms. The van der Waals surface area contributed by atoms with Gasteiger partial charge in [-0.15, -0.1) is 0 Å². The van der Waals surface area contributed by atoms with E-state index in [0.717, 1.165) is 11.1 Å². The summed E-state index contributed by atoms with van der Waals surface area (Å²) >= 11 is 6.34. The number of hydrogen-bond donors (Lipinski definition) is 1. The van der Waals surface area contributed by atoms with Crippen molar-refractivity contribution in [1.29, 1.82) is 0 Å². The highest BCUT2D eigenvalue weighted by molar-refractivity contribution is 6.31. The normalized spacial score (nSPS) is 12.8. The second-order valence-corrected chi connectivity index (χ2v) is 10.5. The molecule has 0 bridgehead atoms. The van der Waals surface area contributed by atoms with Gasteiger partial charge in [-0.05, 0) is 56.4 Å². The number of amides is 2. The van der Waals surface area contributed by atoms with Gasteiger partial charge in [-0.3, -0.25) is 9.59 Å². The Bertz CT molecular complexity index is 945. The Balaban J connectivity index is 2.26. The number of benzene rings is 2. The smallest absolute Gasteiger partial charge is 0.261 e. The Kier molecular flexibility index (Phi) is 8.35. The molecule has 0 aliphatic heterocycles. The second kappa shape index (κ2) is 10.4. The Hall–Kier alpha value is -2.53. The van der Waals surface area contributed by atoms with Crippen LogP contribution in [0.4, 0.5) is 0 Å². The Labute approximate surface area is 197 Å². The van der Waals surface area contributed by atoms with E-state index in [0.29, 0.717) is 10.8 Å². The van der Waals surface area contributed by atoms with Crippen molar-refractivity contribution in [2.75, 3.05) is 6.61 Å². The van der Waals surface area contributed by atoms with Gasteiger partial charge < -0.3 is 15.0 Å². The molecule has 1 atom stereocenters. The highest BCUT2D eigenvalue weighted by Gasteiger charge is 2.29. The molecule has 0 saturated carbocycles. The van der Waals surface area contributed by atoms with Crippen LogP contribution in [0.5, 0.6) is 5.75 Å². The van der Waals surface area contributed by atoms with Crippen molar-refractivity contribution in [3.05, 3.63) is 64.7 Å².